The Kier molecular flexibility index (Phi) is 4.88. The minimum Gasteiger partial charge on any atom is -0.508 e. The Morgan fingerprint density at radius 1 is 1.21 bits per heavy atom. The van der Waals surface area contributed by atoms with Gasteiger partial charge in [0.05, 0.1) is 7.11 Å². The lowest BCUT2D eigenvalue weighted by molar-refractivity contribution is 0.228. The van der Waals surface area contributed by atoms with Gasteiger partial charge >= 0.3 is 0 Å². The van der Waals surface area contributed by atoms with Crippen LogP contribution in [0.25, 0.3) is 0 Å². The number of ether oxygens (including phenoxy) is 1. The Morgan fingerprint density at radius 2 is 1.96 bits per heavy atom. The minimum atomic E-state index is 0.268. The summed E-state index contributed by atoms with van der Waals surface area (Å²) in [5.74, 6) is 1.29. The van der Waals surface area contributed by atoms with E-state index in [4.69, 9.17) is 4.74 Å². The number of phenols is 1. The van der Waals surface area contributed by atoms with Gasteiger partial charge in [0.2, 0.25) is 0 Å². The highest BCUT2D eigenvalue weighted by Gasteiger charge is 2.26. The predicted molar refractivity (Wildman–Crippen MR) is 101 cm³/mol. The molecule has 1 N–H and O–H groups in total. The number of fused-ring (bicyclic) bond motifs is 1. The normalized spacial score (nSPS) is 17.6. The number of halogens is 1. The van der Waals surface area contributed by atoms with Gasteiger partial charge in [0.25, 0.3) is 0 Å². The first-order valence-corrected chi connectivity index (χ1v) is 9.05. The maximum absolute atomic E-state index is 10.2. The molecular weight excluding hydrogens is 366 g/mol. The van der Waals surface area contributed by atoms with Gasteiger partial charge in [0.1, 0.15) is 11.5 Å². The fourth-order valence-electron chi connectivity index (χ4n) is 3.56. The second-order valence-corrected chi connectivity index (χ2v) is 7.56. The summed E-state index contributed by atoms with van der Waals surface area (Å²) in [6, 6.07) is 8.60. The Labute approximate surface area is 152 Å². The molecule has 0 bridgehead atoms. The highest BCUT2D eigenvalue weighted by atomic mass is 79.9. The molecule has 0 fully saturated rings. The Bertz CT molecular complexity index is 773. The van der Waals surface area contributed by atoms with Crippen LogP contribution in [0.5, 0.6) is 11.5 Å². The molecule has 3 rings (SSSR count). The number of rotatable bonds is 3. The fraction of sp³-hybridized carbons (Fsp3) is 0.400. The van der Waals surface area contributed by atoms with E-state index in [0.717, 1.165) is 40.7 Å². The molecule has 2 aromatic carbocycles. The van der Waals surface area contributed by atoms with Crippen molar-refractivity contribution in [2.24, 2.45) is 0 Å². The third-order valence-corrected chi connectivity index (χ3v) is 5.80. The summed E-state index contributed by atoms with van der Waals surface area (Å²) in [4.78, 5) is 2.38. The van der Waals surface area contributed by atoms with Crippen molar-refractivity contribution in [2.45, 2.75) is 32.7 Å². The highest BCUT2D eigenvalue weighted by molar-refractivity contribution is 9.10. The zero-order chi connectivity index (χ0) is 17.4. The van der Waals surface area contributed by atoms with Crippen molar-refractivity contribution in [1.29, 1.82) is 0 Å². The van der Waals surface area contributed by atoms with E-state index in [9.17, 15) is 5.11 Å². The molecule has 1 unspecified atom stereocenters. The number of nitrogens with zero attached hydrogens (tertiary/aromatic N) is 1. The molecule has 2 aromatic rings. The van der Waals surface area contributed by atoms with Crippen LogP contribution < -0.4 is 4.74 Å². The number of likely N-dealkylation sites (N-methyl/N-ethyl adjacent to an activating group) is 1. The largest absolute Gasteiger partial charge is 0.508 e. The van der Waals surface area contributed by atoms with Crippen LogP contribution in [0.1, 0.15) is 33.9 Å². The van der Waals surface area contributed by atoms with E-state index in [-0.39, 0.29) is 6.04 Å². The average Bonchev–Trinajstić information content (AvgIpc) is 2.55. The van der Waals surface area contributed by atoms with Crippen LogP contribution in [0.2, 0.25) is 0 Å². The number of hydrogen-bond donors (Lipinski definition) is 1. The van der Waals surface area contributed by atoms with Crippen LogP contribution in [0.15, 0.2) is 28.7 Å². The summed E-state index contributed by atoms with van der Waals surface area (Å²) in [6.45, 7) is 5.07. The molecule has 1 atom stereocenters. The van der Waals surface area contributed by atoms with Crippen molar-refractivity contribution in [2.75, 3.05) is 20.7 Å². The Morgan fingerprint density at radius 3 is 2.67 bits per heavy atom. The molecule has 0 aromatic heterocycles. The van der Waals surface area contributed by atoms with E-state index >= 15 is 0 Å². The van der Waals surface area contributed by atoms with E-state index in [0.29, 0.717) is 5.75 Å². The third kappa shape index (κ3) is 3.17. The number of methoxy groups -OCH3 is 1. The standard InChI is InChI=1S/C20H24BrNO2/c1-12-7-14-5-6-22(3)18(16(14)10-19(12)23)9-15-8-13(2)20(24-4)11-17(15)21/h7-8,10-11,18,23H,5-6,9H2,1-4H3. The van der Waals surface area contributed by atoms with Crippen molar-refractivity contribution >= 4 is 15.9 Å². The molecule has 3 nitrogen and oxygen atoms in total. The summed E-state index contributed by atoms with van der Waals surface area (Å²) in [5, 5.41) is 10.2. The van der Waals surface area contributed by atoms with Crippen LogP contribution in [0.3, 0.4) is 0 Å². The first kappa shape index (κ1) is 17.3. The van der Waals surface area contributed by atoms with Crippen molar-refractivity contribution < 1.29 is 9.84 Å². The molecule has 4 heteroatoms. The second-order valence-electron chi connectivity index (χ2n) is 6.70. The number of aromatic hydroxyl groups is 1. The molecule has 0 amide bonds. The lowest BCUT2D eigenvalue weighted by Crippen LogP contribution is -2.33. The highest BCUT2D eigenvalue weighted by Crippen LogP contribution is 2.37. The van der Waals surface area contributed by atoms with Crippen LogP contribution in [0, 0.1) is 13.8 Å². The van der Waals surface area contributed by atoms with Crippen LogP contribution in [-0.2, 0) is 12.8 Å². The van der Waals surface area contributed by atoms with Gasteiger partial charge in [0.15, 0.2) is 0 Å². The Hall–Kier alpha value is -1.52. The molecule has 1 heterocycles. The smallest absolute Gasteiger partial charge is 0.122 e. The average molecular weight is 390 g/mol. The predicted octanol–water partition coefficient (Wildman–Crippen LogP) is 4.55. The second kappa shape index (κ2) is 6.77. The van der Waals surface area contributed by atoms with E-state index in [1.165, 1.54) is 16.7 Å². The molecule has 0 radical (unpaired) electrons. The number of phenolic OH excluding ortho intramolecular Hbond substituents is 1. The Balaban J connectivity index is 1.99. The zero-order valence-electron chi connectivity index (χ0n) is 14.7. The molecule has 0 spiro atoms. The van der Waals surface area contributed by atoms with E-state index in [1.807, 2.05) is 19.1 Å². The van der Waals surface area contributed by atoms with Gasteiger partial charge in [-0.2, -0.15) is 0 Å². The van der Waals surface area contributed by atoms with Gasteiger partial charge in [-0.25, -0.2) is 0 Å². The molecule has 128 valence electrons. The summed E-state index contributed by atoms with van der Waals surface area (Å²) >= 11 is 3.69. The van der Waals surface area contributed by atoms with Crippen molar-refractivity contribution in [3.05, 3.63) is 56.6 Å². The molecule has 0 aliphatic carbocycles. The maximum Gasteiger partial charge on any atom is 0.122 e. The van der Waals surface area contributed by atoms with Crippen LogP contribution in [0.4, 0.5) is 0 Å². The SMILES string of the molecule is COc1cc(Br)c(CC2c3cc(O)c(C)cc3CCN2C)cc1C. The van der Waals surface area contributed by atoms with Gasteiger partial charge in [-0.1, -0.05) is 28.1 Å². The quantitative estimate of drug-likeness (QED) is 0.835. The lowest BCUT2D eigenvalue weighted by Gasteiger charge is -2.35. The number of benzene rings is 2. The van der Waals surface area contributed by atoms with E-state index in [2.05, 4.69) is 46.9 Å². The molecule has 1 aliphatic rings. The summed E-state index contributed by atoms with van der Waals surface area (Å²) < 4.78 is 6.47. The lowest BCUT2D eigenvalue weighted by atomic mass is 9.87. The van der Waals surface area contributed by atoms with Crippen molar-refractivity contribution in [3.8, 4) is 11.5 Å². The van der Waals surface area contributed by atoms with Gasteiger partial charge < -0.3 is 9.84 Å². The van der Waals surface area contributed by atoms with Crippen molar-refractivity contribution in [3.63, 3.8) is 0 Å². The van der Waals surface area contributed by atoms with Crippen molar-refractivity contribution in [1.82, 2.24) is 4.90 Å². The fourth-order valence-corrected chi connectivity index (χ4v) is 4.05. The first-order chi connectivity index (χ1) is 11.4. The minimum absolute atomic E-state index is 0.268. The van der Waals surface area contributed by atoms with E-state index < -0.39 is 0 Å². The molecule has 1 aliphatic heterocycles. The first-order valence-electron chi connectivity index (χ1n) is 8.26. The van der Waals surface area contributed by atoms with Gasteiger partial charge in [0, 0.05) is 17.1 Å². The number of hydrogen-bond acceptors (Lipinski definition) is 3. The number of aryl methyl sites for hydroxylation is 2. The van der Waals surface area contributed by atoms with Gasteiger partial charge in [-0.15, -0.1) is 0 Å². The molecule has 24 heavy (non-hydrogen) atoms. The van der Waals surface area contributed by atoms with Gasteiger partial charge in [-0.05, 0) is 73.7 Å². The molecule has 0 saturated carbocycles. The monoisotopic (exact) mass is 389 g/mol. The topological polar surface area (TPSA) is 32.7 Å². The van der Waals surface area contributed by atoms with E-state index in [1.54, 1.807) is 7.11 Å². The maximum atomic E-state index is 10.2. The zero-order valence-corrected chi connectivity index (χ0v) is 16.3. The summed E-state index contributed by atoms with van der Waals surface area (Å²) in [7, 11) is 3.86. The van der Waals surface area contributed by atoms with Crippen LogP contribution in [-0.4, -0.2) is 30.7 Å². The summed E-state index contributed by atoms with van der Waals surface area (Å²) in [5.41, 5.74) is 5.96. The van der Waals surface area contributed by atoms with Crippen LogP contribution >= 0.6 is 15.9 Å². The summed E-state index contributed by atoms with van der Waals surface area (Å²) in [6.07, 6.45) is 1.93. The van der Waals surface area contributed by atoms with Gasteiger partial charge in [-0.3, -0.25) is 4.90 Å². The molecule has 0 saturated heterocycles. The third-order valence-electron chi connectivity index (χ3n) is 5.06. The molecular formula is C20H24BrNO2.